The SMILES string of the molecule is CC(C)N(Cc1cccs1)S(=O)(=O)c1ccccc1F. The summed E-state index contributed by atoms with van der Waals surface area (Å²) >= 11 is 1.48. The highest BCUT2D eigenvalue weighted by Crippen LogP contribution is 2.24. The van der Waals surface area contributed by atoms with Gasteiger partial charge in [-0.15, -0.1) is 11.3 Å². The zero-order chi connectivity index (χ0) is 14.8. The van der Waals surface area contributed by atoms with Crippen molar-refractivity contribution < 1.29 is 12.8 Å². The molecule has 0 atom stereocenters. The third kappa shape index (κ3) is 3.08. The minimum absolute atomic E-state index is 0.248. The molecule has 108 valence electrons. The molecule has 20 heavy (non-hydrogen) atoms. The van der Waals surface area contributed by atoms with Crippen molar-refractivity contribution in [1.82, 2.24) is 4.31 Å². The van der Waals surface area contributed by atoms with Crippen LogP contribution in [0.1, 0.15) is 18.7 Å². The topological polar surface area (TPSA) is 37.4 Å². The molecule has 2 aromatic rings. The summed E-state index contributed by atoms with van der Waals surface area (Å²) in [6, 6.07) is 8.96. The fourth-order valence-electron chi connectivity index (χ4n) is 1.88. The van der Waals surface area contributed by atoms with Crippen molar-refractivity contribution in [3.63, 3.8) is 0 Å². The van der Waals surface area contributed by atoms with Crippen LogP contribution in [0.25, 0.3) is 0 Å². The Hall–Kier alpha value is -1.24. The molecule has 0 spiro atoms. The minimum atomic E-state index is -3.84. The standard InChI is InChI=1S/C14H16FNO2S2/c1-11(2)16(10-12-6-5-9-19-12)20(17,18)14-8-4-3-7-13(14)15/h3-9,11H,10H2,1-2H3. The Bertz CT molecular complexity index is 666. The van der Waals surface area contributed by atoms with E-state index >= 15 is 0 Å². The first-order valence-corrected chi connectivity index (χ1v) is 8.53. The van der Waals surface area contributed by atoms with E-state index in [0.29, 0.717) is 0 Å². The van der Waals surface area contributed by atoms with Crippen LogP contribution in [0.5, 0.6) is 0 Å². The molecule has 2 rings (SSSR count). The Morgan fingerprint density at radius 2 is 1.90 bits per heavy atom. The summed E-state index contributed by atoms with van der Waals surface area (Å²) in [4.78, 5) is 0.656. The Morgan fingerprint density at radius 1 is 1.20 bits per heavy atom. The van der Waals surface area contributed by atoms with E-state index in [9.17, 15) is 12.8 Å². The molecule has 1 heterocycles. The summed E-state index contributed by atoms with van der Waals surface area (Å²) in [5.41, 5.74) is 0. The molecule has 0 aliphatic heterocycles. The summed E-state index contributed by atoms with van der Waals surface area (Å²) in [6.07, 6.45) is 0. The van der Waals surface area contributed by atoms with E-state index in [1.807, 2.05) is 17.5 Å². The molecule has 0 amide bonds. The molecule has 0 bridgehead atoms. The number of rotatable bonds is 5. The maximum atomic E-state index is 13.8. The van der Waals surface area contributed by atoms with Gasteiger partial charge in [0, 0.05) is 17.5 Å². The third-order valence-corrected chi connectivity index (χ3v) is 5.81. The Labute approximate surface area is 122 Å². The number of nitrogens with zero attached hydrogens (tertiary/aromatic N) is 1. The Balaban J connectivity index is 2.40. The quantitative estimate of drug-likeness (QED) is 0.847. The summed E-state index contributed by atoms with van der Waals surface area (Å²) in [5.74, 6) is -0.718. The molecule has 0 aliphatic rings. The normalized spacial score (nSPS) is 12.2. The van der Waals surface area contributed by atoms with Gasteiger partial charge in [-0.05, 0) is 37.4 Å². The molecule has 1 aromatic carbocycles. The maximum absolute atomic E-state index is 13.8. The zero-order valence-corrected chi connectivity index (χ0v) is 12.9. The molecule has 6 heteroatoms. The number of hydrogen-bond donors (Lipinski definition) is 0. The molecule has 1 aromatic heterocycles. The van der Waals surface area contributed by atoms with Crippen molar-refractivity contribution in [1.29, 1.82) is 0 Å². The van der Waals surface area contributed by atoms with Gasteiger partial charge in [0.05, 0.1) is 0 Å². The van der Waals surface area contributed by atoms with Crippen LogP contribution in [-0.4, -0.2) is 18.8 Å². The first-order valence-electron chi connectivity index (χ1n) is 6.21. The van der Waals surface area contributed by atoms with Crippen molar-refractivity contribution >= 4 is 21.4 Å². The average Bonchev–Trinajstić information content (AvgIpc) is 2.88. The maximum Gasteiger partial charge on any atom is 0.246 e. The van der Waals surface area contributed by atoms with Crippen LogP contribution in [0.15, 0.2) is 46.7 Å². The highest BCUT2D eigenvalue weighted by atomic mass is 32.2. The zero-order valence-electron chi connectivity index (χ0n) is 11.3. The summed E-state index contributed by atoms with van der Waals surface area (Å²) in [5, 5.41) is 1.89. The second-order valence-corrected chi connectivity index (χ2v) is 7.55. The van der Waals surface area contributed by atoms with Gasteiger partial charge in [-0.1, -0.05) is 18.2 Å². The van der Waals surface area contributed by atoms with Gasteiger partial charge < -0.3 is 0 Å². The minimum Gasteiger partial charge on any atom is -0.207 e. The smallest absolute Gasteiger partial charge is 0.207 e. The van der Waals surface area contributed by atoms with Gasteiger partial charge in [0.15, 0.2) is 0 Å². The largest absolute Gasteiger partial charge is 0.246 e. The molecule has 0 saturated carbocycles. The lowest BCUT2D eigenvalue weighted by Gasteiger charge is -2.25. The number of sulfonamides is 1. The fourth-order valence-corrected chi connectivity index (χ4v) is 4.35. The lowest BCUT2D eigenvalue weighted by Crippen LogP contribution is -2.36. The Morgan fingerprint density at radius 3 is 2.45 bits per heavy atom. The van der Waals surface area contributed by atoms with Crippen molar-refractivity contribution in [2.45, 2.75) is 31.3 Å². The molecule has 0 radical (unpaired) electrons. The molecule has 0 unspecified atom stereocenters. The van der Waals surface area contributed by atoms with Gasteiger partial charge >= 0.3 is 0 Å². The molecule has 3 nitrogen and oxygen atoms in total. The summed E-state index contributed by atoms with van der Waals surface area (Å²) < 4.78 is 40.3. The van der Waals surface area contributed by atoms with Crippen LogP contribution in [0.3, 0.4) is 0 Å². The van der Waals surface area contributed by atoms with Crippen molar-refractivity contribution in [3.05, 3.63) is 52.5 Å². The van der Waals surface area contributed by atoms with Crippen LogP contribution in [-0.2, 0) is 16.6 Å². The first-order chi connectivity index (χ1) is 9.43. The highest BCUT2D eigenvalue weighted by molar-refractivity contribution is 7.89. The average molecular weight is 313 g/mol. The van der Waals surface area contributed by atoms with E-state index in [-0.39, 0.29) is 17.5 Å². The monoisotopic (exact) mass is 313 g/mol. The number of hydrogen-bond acceptors (Lipinski definition) is 3. The van der Waals surface area contributed by atoms with E-state index in [0.717, 1.165) is 10.9 Å². The third-order valence-electron chi connectivity index (χ3n) is 2.89. The molecule has 0 N–H and O–H groups in total. The molecule has 0 aliphatic carbocycles. The molecular weight excluding hydrogens is 297 g/mol. The summed E-state index contributed by atoms with van der Waals surface area (Å²) in [7, 11) is -3.84. The lowest BCUT2D eigenvalue weighted by molar-refractivity contribution is 0.348. The van der Waals surface area contributed by atoms with Crippen LogP contribution < -0.4 is 0 Å². The van der Waals surface area contributed by atoms with E-state index in [2.05, 4.69) is 0 Å². The van der Waals surface area contributed by atoms with Crippen LogP contribution in [0.4, 0.5) is 4.39 Å². The van der Waals surface area contributed by atoms with E-state index < -0.39 is 15.8 Å². The predicted octanol–water partition coefficient (Wildman–Crippen LogP) is 3.49. The van der Waals surface area contributed by atoms with E-state index in [1.54, 1.807) is 13.8 Å². The second kappa shape index (κ2) is 6.03. The van der Waals surface area contributed by atoms with Gasteiger partial charge in [-0.2, -0.15) is 4.31 Å². The van der Waals surface area contributed by atoms with Gasteiger partial charge in [0.1, 0.15) is 10.7 Å². The number of halogens is 1. The van der Waals surface area contributed by atoms with E-state index in [1.165, 1.54) is 33.8 Å². The molecule has 0 saturated heterocycles. The first kappa shape index (κ1) is 15.2. The fraction of sp³-hybridized carbons (Fsp3) is 0.286. The van der Waals surface area contributed by atoms with Gasteiger partial charge in [-0.3, -0.25) is 0 Å². The van der Waals surface area contributed by atoms with Crippen LogP contribution in [0, 0.1) is 5.82 Å². The number of thiophene rings is 1. The van der Waals surface area contributed by atoms with Crippen LogP contribution in [0.2, 0.25) is 0 Å². The lowest BCUT2D eigenvalue weighted by atomic mass is 10.3. The van der Waals surface area contributed by atoms with Gasteiger partial charge in [0.25, 0.3) is 0 Å². The molecule has 0 fully saturated rings. The number of benzene rings is 1. The van der Waals surface area contributed by atoms with Gasteiger partial charge in [0.2, 0.25) is 10.0 Å². The van der Waals surface area contributed by atoms with Crippen molar-refractivity contribution in [2.75, 3.05) is 0 Å². The predicted molar refractivity (Wildman–Crippen MR) is 78.6 cm³/mol. The highest BCUT2D eigenvalue weighted by Gasteiger charge is 2.29. The van der Waals surface area contributed by atoms with Gasteiger partial charge in [-0.25, -0.2) is 12.8 Å². The van der Waals surface area contributed by atoms with Crippen LogP contribution >= 0.6 is 11.3 Å². The molecular formula is C14H16FNO2S2. The Kier molecular flexibility index (Phi) is 4.57. The van der Waals surface area contributed by atoms with Crippen molar-refractivity contribution in [3.8, 4) is 0 Å². The van der Waals surface area contributed by atoms with Crippen molar-refractivity contribution in [2.24, 2.45) is 0 Å². The summed E-state index contributed by atoms with van der Waals surface area (Å²) in [6.45, 7) is 3.82. The second-order valence-electron chi connectivity index (χ2n) is 4.65. The van der Waals surface area contributed by atoms with E-state index in [4.69, 9.17) is 0 Å².